The molecule has 0 spiro atoms. The molecule has 52 valence electrons. The molecule has 0 bridgehead atoms. The van der Waals surface area contributed by atoms with Crippen LogP contribution in [0.3, 0.4) is 0 Å². The molecule has 0 aromatic rings. The van der Waals surface area contributed by atoms with Crippen LogP contribution in [0.2, 0.25) is 0 Å². The van der Waals surface area contributed by atoms with E-state index in [4.69, 9.17) is 5.11 Å². The molecule has 0 radical (unpaired) electrons. The lowest BCUT2D eigenvalue weighted by molar-refractivity contribution is -0.135. The van der Waals surface area contributed by atoms with Crippen molar-refractivity contribution in [2.24, 2.45) is 5.84 Å². The van der Waals surface area contributed by atoms with Crippen LogP contribution in [0.1, 0.15) is 0 Å². The summed E-state index contributed by atoms with van der Waals surface area (Å²) >= 11 is 0. The molecule has 6 heteroatoms. The maximum absolute atomic E-state index is 10.1. The van der Waals surface area contributed by atoms with Gasteiger partial charge in [-0.25, -0.2) is 10.6 Å². The Morgan fingerprint density at radius 1 is 1.56 bits per heavy atom. The van der Waals surface area contributed by atoms with Gasteiger partial charge in [-0.05, 0) is 0 Å². The third-order valence-corrected chi connectivity index (χ3v) is 0.531. The molecule has 5 N–H and O–H groups in total. The normalized spacial score (nSPS) is 8.11. The molecule has 0 rings (SSSR count). The van der Waals surface area contributed by atoms with Crippen LogP contribution in [-0.2, 0) is 4.79 Å². The number of hydrazine groups is 1. The number of carbonyl (C=O) groups excluding carboxylic acids is 1. The molecule has 6 nitrogen and oxygen atoms in total. The van der Waals surface area contributed by atoms with Crippen LogP contribution in [0.5, 0.6) is 0 Å². The van der Waals surface area contributed by atoms with Crippen LogP contribution in [0, 0.1) is 0 Å². The maximum Gasteiger partial charge on any atom is 0.329 e. The van der Waals surface area contributed by atoms with Crippen molar-refractivity contribution in [2.45, 2.75) is 0 Å². The first-order chi connectivity index (χ1) is 4.16. The third-order valence-electron chi connectivity index (χ3n) is 0.531. The van der Waals surface area contributed by atoms with Crippen molar-refractivity contribution in [2.75, 3.05) is 6.54 Å². The molecule has 0 unspecified atom stereocenters. The van der Waals surface area contributed by atoms with Crippen LogP contribution in [0.15, 0.2) is 0 Å². The molecule has 0 aliphatic carbocycles. The van der Waals surface area contributed by atoms with Crippen molar-refractivity contribution in [3.63, 3.8) is 0 Å². The zero-order valence-electron chi connectivity index (χ0n) is 4.55. The van der Waals surface area contributed by atoms with Gasteiger partial charge in [0, 0.05) is 0 Å². The van der Waals surface area contributed by atoms with Crippen molar-refractivity contribution in [3.05, 3.63) is 0 Å². The molecule has 0 aromatic heterocycles. The average Bonchev–Trinajstić information content (AvgIpc) is 1.83. The summed E-state index contributed by atoms with van der Waals surface area (Å²) in [6.07, 6.45) is 0. The first-order valence-electron chi connectivity index (χ1n) is 2.13. The second-order valence-corrected chi connectivity index (χ2v) is 1.22. The van der Waals surface area contributed by atoms with E-state index >= 15 is 0 Å². The Hall–Kier alpha value is -1.30. The predicted octanol–water partition coefficient (Wildman–Crippen LogP) is -1.76. The number of carboxylic acid groups (broad SMARTS) is 1. The molecule has 0 heterocycles. The summed E-state index contributed by atoms with van der Waals surface area (Å²) < 4.78 is 0. The molecular weight excluding hydrogens is 126 g/mol. The SMILES string of the molecule is NNC(=O)NCC(=O)O. The highest BCUT2D eigenvalue weighted by Crippen LogP contribution is 1.60. The molecule has 0 aliphatic rings. The minimum Gasteiger partial charge on any atom is -0.480 e. The number of urea groups is 1. The minimum atomic E-state index is -1.11. The Balaban J connectivity index is 3.28. The lowest BCUT2D eigenvalue weighted by Gasteiger charge is -1.97. The van der Waals surface area contributed by atoms with Crippen LogP contribution in [0.4, 0.5) is 4.79 Å². The van der Waals surface area contributed by atoms with Gasteiger partial charge >= 0.3 is 12.0 Å². The number of amides is 2. The van der Waals surface area contributed by atoms with Crippen molar-refractivity contribution in [1.82, 2.24) is 10.7 Å². The summed E-state index contributed by atoms with van der Waals surface area (Å²) in [7, 11) is 0. The molecule has 0 saturated carbocycles. The second kappa shape index (κ2) is 3.67. The highest BCUT2D eigenvalue weighted by molar-refractivity contribution is 5.79. The lowest BCUT2D eigenvalue weighted by atomic mass is 10.7. The highest BCUT2D eigenvalue weighted by atomic mass is 16.4. The quantitative estimate of drug-likeness (QED) is 0.203. The number of nitrogens with one attached hydrogen (secondary N) is 2. The summed E-state index contributed by atoms with van der Waals surface area (Å²) in [4.78, 5) is 19.8. The highest BCUT2D eigenvalue weighted by Gasteiger charge is 1.98. The van der Waals surface area contributed by atoms with Crippen LogP contribution in [-0.4, -0.2) is 23.7 Å². The first-order valence-corrected chi connectivity index (χ1v) is 2.13. The van der Waals surface area contributed by atoms with Gasteiger partial charge in [0.25, 0.3) is 0 Å². The van der Waals surface area contributed by atoms with Crippen molar-refractivity contribution < 1.29 is 14.7 Å². The largest absolute Gasteiger partial charge is 0.480 e. The zero-order chi connectivity index (χ0) is 7.28. The number of carboxylic acids is 1. The maximum atomic E-state index is 10.1. The summed E-state index contributed by atoms with van der Waals surface area (Å²) in [5.74, 6) is 3.49. The Morgan fingerprint density at radius 3 is 2.44 bits per heavy atom. The number of rotatable bonds is 2. The molecule has 2 amide bonds. The van der Waals surface area contributed by atoms with Crippen molar-refractivity contribution in [3.8, 4) is 0 Å². The number of hydrogen-bond donors (Lipinski definition) is 4. The van der Waals surface area contributed by atoms with Gasteiger partial charge < -0.3 is 10.4 Å². The number of carbonyl (C=O) groups is 2. The van der Waals surface area contributed by atoms with Crippen LogP contribution < -0.4 is 16.6 Å². The Bertz CT molecular complexity index is 123. The monoisotopic (exact) mass is 133 g/mol. The van der Waals surface area contributed by atoms with Gasteiger partial charge in [0.1, 0.15) is 6.54 Å². The fourth-order valence-electron chi connectivity index (χ4n) is 0.207. The summed E-state index contributed by atoms with van der Waals surface area (Å²) in [5, 5.41) is 9.93. The summed E-state index contributed by atoms with van der Waals surface area (Å²) in [6, 6.07) is -0.711. The topological polar surface area (TPSA) is 104 Å². The van der Waals surface area contributed by atoms with E-state index in [1.807, 2.05) is 5.32 Å². The predicted molar refractivity (Wildman–Crippen MR) is 28.4 cm³/mol. The molecule has 0 fully saturated rings. The standard InChI is InChI=1S/C3H7N3O3/c4-6-3(9)5-1-2(7)8/h1,4H2,(H,7,8)(H2,5,6,9). The number of hydrogen-bond acceptors (Lipinski definition) is 3. The van der Waals surface area contributed by atoms with Gasteiger partial charge in [-0.2, -0.15) is 0 Å². The van der Waals surface area contributed by atoms with E-state index in [0.29, 0.717) is 0 Å². The average molecular weight is 133 g/mol. The van der Waals surface area contributed by atoms with Crippen LogP contribution in [0.25, 0.3) is 0 Å². The molecule has 0 aromatic carbocycles. The van der Waals surface area contributed by atoms with Gasteiger partial charge in [-0.15, -0.1) is 0 Å². The van der Waals surface area contributed by atoms with E-state index in [1.54, 1.807) is 5.43 Å². The first kappa shape index (κ1) is 7.70. The van der Waals surface area contributed by atoms with Gasteiger partial charge in [0.2, 0.25) is 0 Å². The number of nitrogens with two attached hydrogens (primary N) is 1. The minimum absolute atomic E-state index is 0.428. The summed E-state index contributed by atoms with van der Waals surface area (Å²) in [5.41, 5.74) is 1.71. The fourth-order valence-corrected chi connectivity index (χ4v) is 0.207. The van der Waals surface area contributed by atoms with Gasteiger partial charge in [-0.1, -0.05) is 0 Å². The smallest absolute Gasteiger partial charge is 0.329 e. The Morgan fingerprint density at radius 2 is 2.11 bits per heavy atom. The van der Waals surface area contributed by atoms with Gasteiger partial charge in [0.05, 0.1) is 0 Å². The van der Waals surface area contributed by atoms with Crippen molar-refractivity contribution >= 4 is 12.0 Å². The zero-order valence-corrected chi connectivity index (χ0v) is 4.55. The van der Waals surface area contributed by atoms with Gasteiger partial charge in [-0.3, -0.25) is 10.2 Å². The molecular formula is C3H7N3O3. The van der Waals surface area contributed by atoms with E-state index in [1.165, 1.54) is 0 Å². The van der Waals surface area contributed by atoms with E-state index in [9.17, 15) is 9.59 Å². The van der Waals surface area contributed by atoms with Crippen LogP contribution >= 0.6 is 0 Å². The van der Waals surface area contributed by atoms with E-state index in [2.05, 4.69) is 5.84 Å². The van der Waals surface area contributed by atoms with E-state index in [-0.39, 0.29) is 0 Å². The Kier molecular flexibility index (Phi) is 3.14. The van der Waals surface area contributed by atoms with Gasteiger partial charge in [0.15, 0.2) is 0 Å². The molecule has 0 saturated heterocycles. The molecule has 9 heavy (non-hydrogen) atoms. The molecule has 0 aliphatic heterocycles. The summed E-state index contributed by atoms with van der Waals surface area (Å²) in [6.45, 7) is -0.428. The Labute approximate surface area is 51.0 Å². The fraction of sp³-hybridized carbons (Fsp3) is 0.333. The third kappa shape index (κ3) is 4.56. The lowest BCUT2D eigenvalue weighted by Crippen LogP contribution is -2.41. The van der Waals surface area contributed by atoms with Crippen molar-refractivity contribution in [1.29, 1.82) is 0 Å². The number of aliphatic carboxylic acids is 1. The van der Waals surface area contributed by atoms with E-state index in [0.717, 1.165) is 0 Å². The molecule has 0 atom stereocenters. The van der Waals surface area contributed by atoms with E-state index < -0.39 is 18.5 Å². The second-order valence-electron chi connectivity index (χ2n) is 1.22.